The van der Waals surface area contributed by atoms with Gasteiger partial charge in [0, 0.05) is 6.54 Å². The Morgan fingerprint density at radius 3 is 2.43 bits per heavy atom. The second-order valence-corrected chi connectivity index (χ2v) is 6.89. The summed E-state index contributed by atoms with van der Waals surface area (Å²) < 4.78 is 24.3. The first kappa shape index (κ1) is 17.7. The number of nitrogens with one attached hydrogen (secondary N) is 1. The molecule has 0 spiro atoms. The van der Waals surface area contributed by atoms with Crippen LogP contribution < -0.4 is 5.32 Å². The van der Waals surface area contributed by atoms with Crippen molar-refractivity contribution >= 4 is 44.9 Å². The Kier molecular flexibility index (Phi) is 6.00. The van der Waals surface area contributed by atoms with E-state index in [1.165, 1.54) is 0 Å². The summed E-state index contributed by atoms with van der Waals surface area (Å²) in [6.45, 7) is 2.17. The second kappa shape index (κ2) is 7.11. The Bertz CT molecular complexity index is 672. The molecule has 0 aliphatic heterocycles. The number of amides is 1. The molecule has 6 nitrogen and oxygen atoms in total. The molecule has 0 heterocycles. The molecule has 0 saturated heterocycles. The molecule has 1 aromatic rings. The highest BCUT2D eigenvalue weighted by Gasteiger charge is 2.26. The molecule has 2 N–H and O–H groups in total. The molecule has 0 aliphatic rings. The van der Waals surface area contributed by atoms with Crippen LogP contribution in [0.25, 0.3) is 0 Å². The van der Waals surface area contributed by atoms with Crippen LogP contribution in [0.15, 0.2) is 17.0 Å². The van der Waals surface area contributed by atoms with Crippen LogP contribution in [0.3, 0.4) is 0 Å². The van der Waals surface area contributed by atoms with E-state index in [4.69, 9.17) is 28.3 Å². The molecule has 21 heavy (non-hydrogen) atoms. The maximum atomic E-state index is 12.1. The maximum Gasteiger partial charge on any atom is 0.338 e. The van der Waals surface area contributed by atoms with Crippen molar-refractivity contribution in [1.29, 1.82) is 0 Å². The molecule has 0 bridgehead atoms. The maximum absolute atomic E-state index is 12.1. The average molecular weight is 354 g/mol. The van der Waals surface area contributed by atoms with Gasteiger partial charge in [0.05, 0.1) is 20.5 Å². The number of hydrogen-bond acceptors (Lipinski definition) is 4. The van der Waals surface area contributed by atoms with Gasteiger partial charge in [-0.2, -0.15) is 0 Å². The Hall–Kier alpha value is -1.31. The predicted molar refractivity (Wildman–Crippen MR) is 78.8 cm³/mol. The molecule has 0 radical (unpaired) electrons. The van der Waals surface area contributed by atoms with Crippen LogP contribution in [0.5, 0.6) is 0 Å². The lowest BCUT2D eigenvalue weighted by Crippen LogP contribution is -2.31. The van der Waals surface area contributed by atoms with Crippen LogP contribution in [-0.4, -0.2) is 37.7 Å². The van der Waals surface area contributed by atoms with Gasteiger partial charge < -0.3 is 10.4 Å². The lowest BCUT2D eigenvalue weighted by molar-refractivity contribution is -0.118. The summed E-state index contributed by atoms with van der Waals surface area (Å²) in [5.74, 6) is -2.94. The zero-order valence-electron chi connectivity index (χ0n) is 11.0. The van der Waals surface area contributed by atoms with Crippen LogP contribution >= 0.6 is 23.2 Å². The van der Waals surface area contributed by atoms with Crippen molar-refractivity contribution in [1.82, 2.24) is 5.32 Å². The van der Waals surface area contributed by atoms with Crippen molar-refractivity contribution in [3.05, 3.63) is 27.7 Å². The van der Waals surface area contributed by atoms with Crippen LogP contribution in [0.4, 0.5) is 0 Å². The largest absolute Gasteiger partial charge is 0.478 e. The zero-order chi connectivity index (χ0) is 16.2. The van der Waals surface area contributed by atoms with Crippen molar-refractivity contribution in [2.75, 3.05) is 12.3 Å². The van der Waals surface area contributed by atoms with Gasteiger partial charge in [0.1, 0.15) is 5.75 Å². The molecule has 9 heteroatoms. The molecule has 1 rings (SSSR count). The molecule has 0 aliphatic carbocycles. The summed E-state index contributed by atoms with van der Waals surface area (Å²) in [7, 11) is -4.06. The normalized spacial score (nSPS) is 11.2. The monoisotopic (exact) mass is 353 g/mol. The third kappa shape index (κ3) is 4.33. The van der Waals surface area contributed by atoms with Crippen molar-refractivity contribution < 1.29 is 23.1 Å². The third-order valence-corrected chi connectivity index (χ3v) is 4.97. The smallest absolute Gasteiger partial charge is 0.338 e. The fraction of sp³-hybridized carbons (Fsp3) is 0.333. The SMILES string of the molecule is CCCNC(=O)CS(=O)(=O)c1ccc(Cl)c(C(=O)O)c1Cl. The number of carboxylic acid groups (broad SMARTS) is 1. The van der Waals surface area contributed by atoms with E-state index in [0.29, 0.717) is 13.0 Å². The van der Waals surface area contributed by atoms with E-state index < -0.39 is 42.9 Å². The number of carbonyl (C=O) groups excluding carboxylic acids is 1. The first-order valence-corrected chi connectivity index (χ1v) is 8.32. The lowest BCUT2D eigenvalue weighted by Gasteiger charge is -2.10. The molecular weight excluding hydrogens is 341 g/mol. The van der Waals surface area contributed by atoms with Gasteiger partial charge >= 0.3 is 5.97 Å². The molecule has 116 valence electrons. The number of hydrogen-bond donors (Lipinski definition) is 2. The minimum Gasteiger partial charge on any atom is -0.478 e. The van der Waals surface area contributed by atoms with E-state index in [1.807, 2.05) is 6.92 Å². The minimum absolute atomic E-state index is 0.179. The van der Waals surface area contributed by atoms with Gasteiger partial charge in [0.15, 0.2) is 9.84 Å². The van der Waals surface area contributed by atoms with Crippen LogP contribution in [0.1, 0.15) is 23.7 Å². The number of aromatic carboxylic acids is 1. The van der Waals surface area contributed by atoms with Gasteiger partial charge in [-0.25, -0.2) is 13.2 Å². The Labute approximate surface area is 132 Å². The van der Waals surface area contributed by atoms with Crippen molar-refractivity contribution in [2.24, 2.45) is 0 Å². The topological polar surface area (TPSA) is 101 Å². The molecule has 0 fully saturated rings. The molecule has 0 atom stereocenters. The standard InChI is InChI=1S/C12H13Cl2NO5S/c1-2-5-15-9(16)6-21(19,20)8-4-3-7(13)10(11(8)14)12(17)18/h3-4H,2,5-6H2,1H3,(H,15,16)(H,17,18). The summed E-state index contributed by atoms with van der Waals surface area (Å²) in [5, 5.41) is 10.7. The Morgan fingerprint density at radius 1 is 1.29 bits per heavy atom. The van der Waals surface area contributed by atoms with Crippen molar-refractivity contribution in [2.45, 2.75) is 18.2 Å². The number of sulfone groups is 1. The molecule has 0 unspecified atom stereocenters. The van der Waals surface area contributed by atoms with Crippen LogP contribution in [0.2, 0.25) is 10.0 Å². The van der Waals surface area contributed by atoms with Crippen LogP contribution in [-0.2, 0) is 14.6 Å². The van der Waals surface area contributed by atoms with Crippen LogP contribution in [0, 0.1) is 0 Å². The summed E-state index contributed by atoms with van der Waals surface area (Å²) in [6.07, 6.45) is 0.663. The number of halogens is 2. The second-order valence-electron chi connectivity index (χ2n) is 4.15. The predicted octanol–water partition coefficient (Wildman–Crippen LogP) is 1.99. The van der Waals surface area contributed by atoms with Gasteiger partial charge in [-0.05, 0) is 18.6 Å². The summed E-state index contributed by atoms with van der Waals surface area (Å²) >= 11 is 11.5. The van der Waals surface area contributed by atoms with E-state index in [2.05, 4.69) is 5.32 Å². The summed E-state index contributed by atoms with van der Waals surface area (Å²) in [4.78, 5) is 22.1. The van der Waals surface area contributed by atoms with Gasteiger partial charge in [-0.3, -0.25) is 4.79 Å². The highest BCUT2D eigenvalue weighted by atomic mass is 35.5. The van der Waals surface area contributed by atoms with E-state index in [-0.39, 0.29) is 5.02 Å². The molecule has 1 amide bonds. The average Bonchev–Trinajstić information content (AvgIpc) is 2.34. The molecule has 0 saturated carbocycles. The van der Waals surface area contributed by atoms with E-state index in [0.717, 1.165) is 12.1 Å². The van der Waals surface area contributed by atoms with E-state index >= 15 is 0 Å². The number of rotatable bonds is 6. The fourth-order valence-electron chi connectivity index (χ4n) is 1.54. The highest BCUT2D eigenvalue weighted by molar-refractivity contribution is 7.92. The quantitative estimate of drug-likeness (QED) is 0.814. The highest BCUT2D eigenvalue weighted by Crippen LogP contribution is 2.31. The van der Waals surface area contributed by atoms with Gasteiger partial charge in [0.25, 0.3) is 0 Å². The molecular formula is C12H13Cl2NO5S. The third-order valence-electron chi connectivity index (χ3n) is 2.50. The van der Waals surface area contributed by atoms with Crippen molar-refractivity contribution in [3.63, 3.8) is 0 Å². The fourth-order valence-corrected chi connectivity index (χ4v) is 3.67. The zero-order valence-corrected chi connectivity index (χ0v) is 13.3. The van der Waals surface area contributed by atoms with E-state index in [1.54, 1.807) is 0 Å². The van der Waals surface area contributed by atoms with Crippen molar-refractivity contribution in [3.8, 4) is 0 Å². The first-order chi connectivity index (χ1) is 9.70. The Balaban J connectivity index is 3.18. The number of carboxylic acids is 1. The molecule has 0 aromatic heterocycles. The molecule has 1 aromatic carbocycles. The number of carbonyl (C=O) groups is 2. The minimum atomic E-state index is -4.06. The summed E-state index contributed by atoms with van der Waals surface area (Å²) in [5.41, 5.74) is -0.506. The van der Waals surface area contributed by atoms with Gasteiger partial charge in [-0.1, -0.05) is 30.1 Å². The van der Waals surface area contributed by atoms with E-state index in [9.17, 15) is 18.0 Å². The van der Waals surface area contributed by atoms with Gasteiger partial charge in [0.2, 0.25) is 5.91 Å². The van der Waals surface area contributed by atoms with Gasteiger partial charge in [-0.15, -0.1) is 0 Å². The Morgan fingerprint density at radius 2 is 1.90 bits per heavy atom. The number of benzene rings is 1. The first-order valence-electron chi connectivity index (χ1n) is 5.91. The summed E-state index contributed by atoms with van der Waals surface area (Å²) in [6, 6.07) is 2.20. The lowest BCUT2D eigenvalue weighted by atomic mass is 10.2.